The van der Waals surface area contributed by atoms with Gasteiger partial charge >= 0.3 is 0 Å². The number of hydrogen-bond donors (Lipinski definition) is 1. The summed E-state index contributed by atoms with van der Waals surface area (Å²) in [5.41, 5.74) is 0.621. The zero-order valence-electron chi connectivity index (χ0n) is 11.6. The van der Waals surface area contributed by atoms with Crippen LogP contribution in [0.1, 0.15) is 38.2 Å². The van der Waals surface area contributed by atoms with Gasteiger partial charge in [-0.05, 0) is 66.1 Å². The van der Waals surface area contributed by atoms with E-state index >= 15 is 0 Å². The Labute approximate surface area is 141 Å². The number of nitrogens with one attached hydrogen (secondary N) is 1. The molecule has 0 aromatic carbocycles. The molecule has 0 amide bonds. The molecule has 1 aromatic rings. The fourth-order valence-corrected chi connectivity index (χ4v) is 7.05. The molecule has 0 atom stereocenters. The SMILES string of the molecule is Cc1cc(S(=O)(=O)NC2(CBr)CCC(C)CC2)sc1Br. The first-order valence-electron chi connectivity index (χ1n) is 6.64. The van der Waals surface area contributed by atoms with Crippen LogP contribution in [0.4, 0.5) is 0 Å². The van der Waals surface area contributed by atoms with Crippen molar-refractivity contribution < 1.29 is 8.42 Å². The third-order valence-electron chi connectivity index (χ3n) is 3.94. The third-order valence-corrected chi connectivity index (χ3v) is 9.20. The average Bonchev–Trinajstić information content (AvgIpc) is 2.74. The van der Waals surface area contributed by atoms with E-state index in [0.29, 0.717) is 15.5 Å². The van der Waals surface area contributed by atoms with Crippen LogP contribution in [0.3, 0.4) is 0 Å². The van der Waals surface area contributed by atoms with E-state index in [-0.39, 0.29) is 5.54 Å². The highest BCUT2D eigenvalue weighted by Gasteiger charge is 2.37. The molecule has 1 aliphatic rings. The number of alkyl halides is 1. The summed E-state index contributed by atoms with van der Waals surface area (Å²) in [6.45, 7) is 4.13. The first-order valence-corrected chi connectivity index (χ1v) is 10.9. The summed E-state index contributed by atoms with van der Waals surface area (Å²) >= 11 is 8.16. The van der Waals surface area contributed by atoms with Gasteiger partial charge in [0.05, 0.1) is 3.79 Å². The van der Waals surface area contributed by atoms with Gasteiger partial charge in [0.15, 0.2) is 0 Å². The maximum atomic E-state index is 12.6. The van der Waals surface area contributed by atoms with Gasteiger partial charge < -0.3 is 0 Å². The number of thiophene rings is 1. The molecule has 1 heterocycles. The Hall–Kier alpha value is 0.570. The van der Waals surface area contributed by atoms with E-state index in [1.165, 1.54) is 11.3 Å². The van der Waals surface area contributed by atoms with Gasteiger partial charge in [0.25, 0.3) is 10.0 Å². The number of hydrogen-bond acceptors (Lipinski definition) is 3. The summed E-state index contributed by atoms with van der Waals surface area (Å²) in [4.78, 5) is 0. The average molecular weight is 445 g/mol. The van der Waals surface area contributed by atoms with E-state index in [9.17, 15) is 8.42 Å². The molecule has 7 heteroatoms. The van der Waals surface area contributed by atoms with Crippen molar-refractivity contribution in [2.24, 2.45) is 5.92 Å². The van der Waals surface area contributed by atoms with Crippen LogP contribution >= 0.6 is 43.2 Å². The van der Waals surface area contributed by atoms with Crippen LogP contribution in [0.15, 0.2) is 14.1 Å². The first kappa shape index (κ1) is 16.9. The molecule has 0 bridgehead atoms. The first-order chi connectivity index (χ1) is 9.28. The quantitative estimate of drug-likeness (QED) is 0.697. The van der Waals surface area contributed by atoms with E-state index in [1.807, 2.05) is 6.92 Å². The number of rotatable bonds is 4. The molecule has 0 radical (unpaired) electrons. The van der Waals surface area contributed by atoms with Gasteiger partial charge in [0.2, 0.25) is 0 Å². The van der Waals surface area contributed by atoms with Crippen molar-refractivity contribution in [3.8, 4) is 0 Å². The van der Waals surface area contributed by atoms with E-state index in [0.717, 1.165) is 35.0 Å². The minimum atomic E-state index is -3.44. The Morgan fingerprint density at radius 3 is 2.50 bits per heavy atom. The Morgan fingerprint density at radius 2 is 2.05 bits per heavy atom. The van der Waals surface area contributed by atoms with Crippen molar-refractivity contribution in [2.45, 2.75) is 49.3 Å². The minimum absolute atomic E-state index is 0.338. The normalized spacial score (nSPS) is 27.7. The lowest BCUT2D eigenvalue weighted by molar-refractivity contribution is 0.250. The van der Waals surface area contributed by atoms with E-state index < -0.39 is 10.0 Å². The van der Waals surface area contributed by atoms with Gasteiger partial charge in [-0.25, -0.2) is 13.1 Å². The van der Waals surface area contributed by atoms with Crippen molar-refractivity contribution >= 4 is 53.2 Å². The molecule has 1 aromatic heterocycles. The molecule has 3 nitrogen and oxygen atoms in total. The molecule has 1 aliphatic carbocycles. The van der Waals surface area contributed by atoms with Crippen LogP contribution in [-0.4, -0.2) is 19.3 Å². The largest absolute Gasteiger partial charge is 0.250 e. The lowest BCUT2D eigenvalue weighted by Crippen LogP contribution is -2.51. The molecule has 2 rings (SSSR count). The van der Waals surface area contributed by atoms with Crippen LogP contribution in [0.25, 0.3) is 0 Å². The van der Waals surface area contributed by atoms with Gasteiger partial charge in [-0.1, -0.05) is 22.9 Å². The molecular formula is C13H19Br2NO2S2. The summed E-state index contributed by atoms with van der Waals surface area (Å²) in [6.07, 6.45) is 3.93. The van der Waals surface area contributed by atoms with Crippen molar-refractivity contribution in [2.75, 3.05) is 5.33 Å². The molecule has 1 fully saturated rings. The summed E-state index contributed by atoms with van der Waals surface area (Å²) in [7, 11) is -3.44. The molecule has 1 saturated carbocycles. The highest BCUT2D eigenvalue weighted by Crippen LogP contribution is 2.36. The zero-order chi connectivity index (χ0) is 15.0. The molecular weight excluding hydrogens is 426 g/mol. The minimum Gasteiger partial charge on any atom is -0.206 e. The van der Waals surface area contributed by atoms with Crippen LogP contribution in [0, 0.1) is 12.8 Å². The summed E-state index contributed by atoms with van der Waals surface area (Å²) in [6, 6.07) is 1.73. The summed E-state index contributed by atoms with van der Waals surface area (Å²) < 4.78 is 29.4. The number of halogens is 2. The summed E-state index contributed by atoms with van der Waals surface area (Å²) in [5.74, 6) is 0.685. The number of aryl methyl sites for hydroxylation is 1. The molecule has 0 saturated heterocycles. The van der Waals surface area contributed by atoms with E-state index in [4.69, 9.17) is 0 Å². The Kier molecular flexibility index (Phi) is 5.39. The Morgan fingerprint density at radius 1 is 1.45 bits per heavy atom. The molecule has 114 valence electrons. The maximum Gasteiger partial charge on any atom is 0.250 e. The van der Waals surface area contributed by atoms with Gasteiger partial charge in [0, 0.05) is 10.9 Å². The van der Waals surface area contributed by atoms with Gasteiger partial charge in [0.1, 0.15) is 4.21 Å². The fraction of sp³-hybridized carbons (Fsp3) is 0.692. The highest BCUT2D eigenvalue weighted by molar-refractivity contribution is 9.11. The third kappa shape index (κ3) is 3.66. The second-order valence-electron chi connectivity index (χ2n) is 5.72. The van der Waals surface area contributed by atoms with Crippen LogP contribution < -0.4 is 4.72 Å². The zero-order valence-corrected chi connectivity index (χ0v) is 16.4. The topological polar surface area (TPSA) is 46.2 Å². The fourth-order valence-electron chi connectivity index (χ4n) is 2.48. The van der Waals surface area contributed by atoms with Gasteiger partial charge in [-0.15, -0.1) is 11.3 Å². The van der Waals surface area contributed by atoms with Crippen molar-refractivity contribution in [1.82, 2.24) is 4.72 Å². The lowest BCUT2D eigenvalue weighted by Gasteiger charge is -2.38. The predicted molar refractivity (Wildman–Crippen MR) is 91.2 cm³/mol. The Bertz CT molecular complexity index is 556. The maximum absolute atomic E-state index is 12.6. The summed E-state index contributed by atoms with van der Waals surface area (Å²) in [5, 5.41) is 0.664. The van der Waals surface area contributed by atoms with Crippen LogP contribution in [-0.2, 0) is 10.0 Å². The smallest absolute Gasteiger partial charge is 0.206 e. The number of sulfonamides is 1. The molecule has 1 N–H and O–H groups in total. The standard InChI is InChI=1S/C13H19Br2NO2S2/c1-9-3-5-13(8-14,6-4-9)16-20(17,18)11-7-10(2)12(15)19-11/h7,9,16H,3-6,8H2,1-2H3. The highest BCUT2D eigenvalue weighted by atomic mass is 79.9. The molecule has 0 unspecified atom stereocenters. The van der Waals surface area contributed by atoms with Crippen molar-refractivity contribution in [1.29, 1.82) is 0 Å². The second-order valence-corrected chi connectivity index (χ2v) is 10.6. The second kappa shape index (κ2) is 6.36. The van der Waals surface area contributed by atoms with Crippen LogP contribution in [0.2, 0.25) is 0 Å². The van der Waals surface area contributed by atoms with Gasteiger partial charge in [-0.3, -0.25) is 0 Å². The Balaban J connectivity index is 2.22. The molecule has 0 spiro atoms. The van der Waals surface area contributed by atoms with E-state index in [1.54, 1.807) is 6.07 Å². The van der Waals surface area contributed by atoms with Crippen LogP contribution in [0.5, 0.6) is 0 Å². The predicted octanol–water partition coefficient (Wildman–Crippen LogP) is 4.44. The van der Waals surface area contributed by atoms with Gasteiger partial charge in [-0.2, -0.15) is 0 Å². The lowest BCUT2D eigenvalue weighted by atomic mass is 9.79. The van der Waals surface area contributed by atoms with E-state index in [2.05, 4.69) is 43.5 Å². The molecule has 0 aliphatic heterocycles. The van der Waals surface area contributed by atoms with Crippen molar-refractivity contribution in [3.63, 3.8) is 0 Å². The molecule has 20 heavy (non-hydrogen) atoms. The van der Waals surface area contributed by atoms with Crippen molar-refractivity contribution in [3.05, 3.63) is 15.4 Å². The monoisotopic (exact) mass is 443 g/mol.